The monoisotopic (exact) mass is 645 g/mol. The Morgan fingerprint density at radius 2 is 1.22 bits per heavy atom. The highest BCUT2D eigenvalue weighted by atomic mass is 17.3. The standard InChI is InChI=1S/C36H55NO9/c1-19-7-11-26-21(3)29(39-31-35(26)24(19)13-15-33(5,41-31)43-45-35)17-28(37-38-18-23-9-10-23)30-22(4)27-12-8-20(2)25-14-16-34(6)42-32(40-30)36(25,27)46-44-34/h19-27,29-32H,7-18H2,1-6H3/b37-28+/t19-,20-,21-,22-,24+,25+,26+,27+,29-,30+,31-,32-,33-,34-,35-,36-/m1/s1. The van der Waals surface area contributed by atoms with Crippen molar-refractivity contribution in [3.8, 4) is 0 Å². The molecule has 3 aliphatic carbocycles. The van der Waals surface area contributed by atoms with Crippen molar-refractivity contribution in [3.63, 3.8) is 0 Å². The van der Waals surface area contributed by atoms with Crippen LogP contribution in [0.2, 0.25) is 0 Å². The molecule has 258 valence electrons. The van der Waals surface area contributed by atoms with Crippen molar-refractivity contribution in [2.75, 3.05) is 6.61 Å². The summed E-state index contributed by atoms with van der Waals surface area (Å²) in [4.78, 5) is 31.2. The maximum atomic E-state index is 7.09. The van der Waals surface area contributed by atoms with Crippen LogP contribution < -0.4 is 0 Å². The van der Waals surface area contributed by atoms with Crippen LogP contribution >= 0.6 is 0 Å². The van der Waals surface area contributed by atoms with Crippen LogP contribution in [0.3, 0.4) is 0 Å². The van der Waals surface area contributed by atoms with E-state index in [2.05, 4.69) is 27.7 Å². The summed E-state index contributed by atoms with van der Waals surface area (Å²) in [6.45, 7) is 14.0. The molecule has 11 aliphatic rings. The van der Waals surface area contributed by atoms with Crippen molar-refractivity contribution in [1.29, 1.82) is 0 Å². The van der Waals surface area contributed by atoms with Gasteiger partial charge in [-0.05, 0) is 107 Å². The van der Waals surface area contributed by atoms with Crippen LogP contribution in [0.5, 0.6) is 0 Å². The van der Waals surface area contributed by atoms with Gasteiger partial charge in [-0.25, -0.2) is 19.6 Å². The Morgan fingerprint density at radius 3 is 1.80 bits per heavy atom. The first-order valence-electron chi connectivity index (χ1n) is 18.6. The minimum Gasteiger partial charge on any atom is -0.395 e. The van der Waals surface area contributed by atoms with Gasteiger partial charge in [0.25, 0.3) is 0 Å². The quantitative estimate of drug-likeness (QED) is 0.179. The third-order valence-corrected chi connectivity index (χ3v) is 14.4. The number of nitrogens with zero attached hydrogens (tertiary/aromatic N) is 1. The average molecular weight is 646 g/mol. The van der Waals surface area contributed by atoms with E-state index in [0.29, 0.717) is 42.6 Å². The maximum Gasteiger partial charge on any atom is 0.201 e. The van der Waals surface area contributed by atoms with E-state index in [1.54, 1.807) is 0 Å². The van der Waals surface area contributed by atoms with Crippen molar-refractivity contribution in [2.24, 2.45) is 58.4 Å². The first kappa shape index (κ1) is 31.2. The Bertz CT molecular complexity index is 1230. The number of rotatable bonds is 6. The fourth-order valence-corrected chi connectivity index (χ4v) is 11.4. The Labute approximate surface area is 273 Å². The summed E-state index contributed by atoms with van der Waals surface area (Å²) >= 11 is 0. The molecule has 0 aromatic carbocycles. The van der Waals surface area contributed by atoms with Crippen LogP contribution in [0.4, 0.5) is 0 Å². The van der Waals surface area contributed by atoms with Crippen LogP contribution in [0.1, 0.15) is 112 Å². The smallest absolute Gasteiger partial charge is 0.201 e. The molecule has 0 aromatic rings. The van der Waals surface area contributed by atoms with Gasteiger partial charge < -0.3 is 23.8 Å². The summed E-state index contributed by atoms with van der Waals surface area (Å²) in [6, 6.07) is 0. The molecule has 0 N–H and O–H groups in total. The van der Waals surface area contributed by atoms with Crippen LogP contribution in [0, 0.1) is 53.3 Å². The minimum absolute atomic E-state index is 0.126. The fourth-order valence-electron chi connectivity index (χ4n) is 11.4. The summed E-state index contributed by atoms with van der Waals surface area (Å²) in [6.07, 6.45) is 9.69. The van der Waals surface area contributed by atoms with Gasteiger partial charge in [-0.1, -0.05) is 32.9 Å². The summed E-state index contributed by atoms with van der Waals surface area (Å²) in [5.74, 6) is 1.50. The van der Waals surface area contributed by atoms with E-state index in [4.69, 9.17) is 48.5 Å². The van der Waals surface area contributed by atoms with Crippen molar-refractivity contribution in [2.45, 2.75) is 160 Å². The SMILES string of the molecule is C[C@H]1[C@@H](/C(C[C@H]2O[C@@H]3O[C@@]4(C)CC[C@H]5[C@H](C)CC[C@@H]([C@H]2C)[C@@]35OO4)=N/OCC2CC2)O[C@@H]2O[C@@]3(C)CC[C@H]4[C@H](C)CC[C@@H]1[C@@]24OO3. The van der Waals surface area contributed by atoms with Crippen molar-refractivity contribution in [3.05, 3.63) is 0 Å². The average Bonchev–Trinajstić information content (AvgIpc) is 3.89. The lowest BCUT2D eigenvalue weighted by Gasteiger charge is -2.61. The van der Waals surface area contributed by atoms with Gasteiger partial charge in [0, 0.05) is 31.1 Å². The highest BCUT2D eigenvalue weighted by Gasteiger charge is 2.71. The molecule has 2 spiro atoms. The van der Waals surface area contributed by atoms with Gasteiger partial charge in [0.05, 0.1) is 11.8 Å². The van der Waals surface area contributed by atoms with Gasteiger partial charge >= 0.3 is 0 Å². The molecule has 0 aromatic heterocycles. The molecule has 3 saturated carbocycles. The lowest BCUT2D eigenvalue weighted by molar-refractivity contribution is -0.571. The normalized spacial score (nSPS) is 57.7. The zero-order valence-corrected chi connectivity index (χ0v) is 28.6. The summed E-state index contributed by atoms with van der Waals surface area (Å²) in [5.41, 5.74) is -0.291. The lowest BCUT2D eigenvalue weighted by Crippen LogP contribution is -2.71. The van der Waals surface area contributed by atoms with Crippen molar-refractivity contribution < 1.29 is 43.3 Å². The number of ether oxygens (including phenoxy) is 4. The molecule has 16 atom stereocenters. The van der Waals surface area contributed by atoms with Crippen LogP contribution in [-0.2, 0) is 43.3 Å². The van der Waals surface area contributed by atoms with E-state index in [1.165, 1.54) is 19.3 Å². The molecule has 8 saturated heterocycles. The Morgan fingerprint density at radius 1 is 0.652 bits per heavy atom. The molecule has 8 aliphatic heterocycles. The predicted octanol–water partition coefficient (Wildman–Crippen LogP) is 6.66. The molecule has 0 radical (unpaired) electrons. The molecule has 10 nitrogen and oxygen atoms in total. The van der Waals surface area contributed by atoms with Crippen LogP contribution in [-0.4, -0.2) is 59.9 Å². The third-order valence-electron chi connectivity index (χ3n) is 14.4. The molecule has 10 heteroatoms. The van der Waals surface area contributed by atoms with E-state index in [9.17, 15) is 0 Å². The predicted molar refractivity (Wildman–Crippen MR) is 164 cm³/mol. The number of oxime groups is 1. The largest absolute Gasteiger partial charge is 0.395 e. The van der Waals surface area contributed by atoms with Gasteiger partial charge in [0.1, 0.15) is 12.7 Å². The fraction of sp³-hybridized carbons (Fsp3) is 0.972. The second-order valence-corrected chi connectivity index (χ2v) is 17.3. The van der Waals surface area contributed by atoms with E-state index in [1.807, 2.05) is 13.8 Å². The molecule has 4 bridgehead atoms. The molecule has 0 unspecified atom stereocenters. The molecule has 46 heavy (non-hydrogen) atoms. The number of hydrogen-bond donors (Lipinski definition) is 0. The zero-order chi connectivity index (χ0) is 31.6. The lowest BCUT2D eigenvalue weighted by atomic mass is 9.56. The zero-order valence-electron chi connectivity index (χ0n) is 28.6. The van der Waals surface area contributed by atoms with E-state index in [-0.39, 0.29) is 35.9 Å². The van der Waals surface area contributed by atoms with Gasteiger partial charge in [-0.2, -0.15) is 0 Å². The third kappa shape index (κ3) is 4.53. The first-order valence-corrected chi connectivity index (χ1v) is 18.6. The highest BCUT2D eigenvalue weighted by Crippen LogP contribution is 2.63. The van der Waals surface area contributed by atoms with Gasteiger partial charge in [0.15, 0.2) is 23.8 Å². The molecule has 0 amide bonds. The Balaban J connectivity index is 1.04. The number of hydrogen-bond acceptors (Lipinski definition) is 10. The second kappa shape index (κ2) is 10.8. The van der Waals surface area contributed by atoms with Crippen LogP contribution in [0.25, 0.3) is 0 Å². The Hall–Kier alpha value is -0.850. The minimum atomic E-state index is -0.819. The highest BCUT2D eigenvalue weighted by molar-refractivity contribution is 5.89. The first-order chi connectivity index (χ1) is 22.1. The molecule has 11 rings (SSSR count). The maximum absolute atomic E-state index is 7.09. The molecular formula is C36H55NO9. The summed E-state index contributed by atoms with van der Waals surface area (Å²) in [5, 5.41) is 4.93. The van der Waals surface area contributed by atoms with Gasteiger partial charge in [-0.3, -0.25) is 0 Å². The topological polar surface area (TPSA) is 95.4 Å². The van der Waals surface area contributed by atoms with Crippen LogP contribution in [0.15, 0.2) is 5.16 Å². The van der Waals surface area contributed by atoms with Gasteiger partial charge in [-0.15, -0.1) is 0 Å². The molecule has 11 fully saturated rings. The van der Waals surface area contributed by atoms with Gasteiger partial charge in [0.2, 0.25) is 11.6 Å². The summed E-state index contributed by atoms with van der Waals surface area (Å²) < 4.78 is 27.5. The molecular weight excluding hydrogens is 590 g/mol. The van der Waals surface area contributed by atoms with E-state index < -0.39 is 35.4 Å². The van der Waals surface area contributed by atoms with Crippen molar-refractivity contribution >= 4 is 5.71 Å². The molecule has 8 heterocycles. The Kier molecular flexibility index (Phi) is 7.33. The number of fused-ring (bicyclic) bond motifs is 4. The second-order valence-electron chi connectivity index (χ2n) is 17.3. The summed E-state index contributed by atoms with van der Waals surface area (Å²) in [7, 11) is 0. The van der Waals surface area contributed by atoms with E-state index >= 15 is 0 Å². The van der Waals surface area contributed by atoms with E-state index in [0.717, 1.165) is 50.7 Å². The van der Waals surface area contributed by atoms with Crippen molar-refractivity contribution in [1.82, 2.24) is 0 Å².